The minimum absolute atomic E-state index is 0.194. The van der Waals surface area contributed by atoms with Gasteiger partial charge in [0, 0.05) is 12.1 Å². The smallest absolute Gasteiger partial charge is 0.129 e. The number of hydrogen-bond donors (Lipinski definition) is 0. The van der Waals surface area contributed by atoms with E-state index in [1.54, 1.807) is 13.0 Å². The molecule has 1 aromatic rings. The van der Waals surface area contributed by atoms with E-state index >= 15 is 0 Å². The number of likely N-dealkylation sites (tertiary alicyclic amines) is 1. The number of piperidine rings is 1. The molecule has 94 valence electrons. The summed E-state index contributed by atoms with van der Waals surface area (Å²) in [7, 11) is 0. The maximum Gasteiger partial charge on any atom is 0.129 e. The molecular formula is C14H20FNO. The van der Waals surface area contributed by atoms with Gasteiger partial charge in [-0.1, -0.05) is 12.5 Å². The highest BCUT2D eigenvalue weighted by Crippen LogP contribution is 2.20. The SMILES string of the molecule is Cc1c(F)cccc1OCCN1CCCCC1. The summed E-state index contributed by atoms with van der Waals surface area (Å²) in [5, 5.41) is 0. The molecule has 1 aliphatic rings. The highest BCUT2D eigenvalue weighted by Gasteiger charge is 2.10. The third-order valence-electron chi connectivity index (χ3n) is 3.33. The molecule has 1 aromatic carbocycles. The van der Waals surface area contributed by atoms with Crippen LogP contribution in [-0.2, 0) is 0 Å². The predicted molar refractivity (Wildman–Crippen MR) is 66.9 cm³/mol. The van der Waals surface area contributed by atoms with Gasteiger partial charge in [-0.25, -0.2) is 4.39 Å². The van der Waals surface area contributed by atoms with Gasteiger partial charge >= 0.3 is 0 Å². The van der Waals surface area contributed by atoms with E-state index in [1.807, 2.05) is 6.07 Å². The zero-order valence-electron chi connectivity index (χ0n) is 10.4. The standard InChI is InChI=1S/C14H20FNO/c1-12-13(15)6-5-7-14(12)17-11-10-16-8-3-2-4-9-16/h5-7H,2-4,8-11H2,1H3. The Kier molecular flexibility index (Phi) is 4.37. The van der Waals surface area contributed by atoms with Crippen LogP contribution in [-0.4, -0.2) is 31.1 Å². The van der Waals surface area contributed by atoms with Crippen molar-refractivity contribution in [2.75, 3.05) is 26.2 Å². The number of nitrogens with zero attached hydrogens (tertiary/aromatic N) is 1. The molecule has 3 heteroatoms. The number of halogens is 1. The first-order chi connectivity index (χ1) is 8.27. The summed E-state index contributed by atoms with van der Waals surface area (Å²) in [5.74, 6) is 0.475. The molecule has 2 nitrogen and oxygen atoms in total. The number of rotatable bonds is 4. The topological polar surface area (TPSA) is 12.5 Å². The van der Waals surface area contributed by atoms with E-state index in [9.17, 15) is 4.39 Å². The van der Waals surface area contributed by atoms with Gasteiger partial charge in [0.15, 0.2) is 0 Å². The lowest BCUT2D eigenvalue weighted by Gasteiger charge is -2.26. The lowest BCUT2D eigenvalue weighted by Crippen LogP contribution is -2.33. The van der Waals surface area contributed by atoms with Crippen molar-refractivity contribution < 1.29 is 9.13 Å². The van der Waals surface area contributed by atoms with Crippen molar-refractivity contribution in [2.45, 2.75) is 26.2 Å². The predicted octanol–water partition coefficient (Wildman–Crippen LogP) is 3.00. The molecule has 0 N–H and O–H groups in total. The summed E-state index contributed by atoms with van der Waals surface area (Å²) in [6, 6.07) is 4.99. The second-order valence-electron chi connectivity index (χ2n) is 4.61. The van der Waals surface area contributed by atoms with Crippen LogP contribution in [0.5, 0.6) is 5.75 Å². The first-order valence-corrected chi connectivity index (χ1v) is 6.37. The van der Waals surface area contributed by atoms with Crippen LogP contribution >= 0.6 is 0 Å². The third kappa shape index (κ3) is 3.43. The molecule has 0 bridgehead atoms. The average Bonchev–Trinajstić information content (AvgIpc) is 2.36. The molecule has 0 unspecified atom stereocenters. The fourth-order valence-corrected chi connectivity index (χ4v) is 2.21. The lowest BCUT2D eigenvalue weighted by molar-refractivity contribution is 0.182. The zero-order valence-corrected chi connectivity index (χ0v) is 10.4. The van der Waals surface area contributed by atoms with Crippen LogP contribution < -0.4 is 4.74 Å². The van der Waals surface area contributed by atoms with E-state index < -0.39 is 0 Å². The molecule has 2 rings (SSSR count). The molecule has 0 aliphatic carbocycles. The van der Waals surface area contributed by atoms with E-state index in [0.717, 1.165) is 6.54 Å². The van der Waals surface area contributed by atoms with Gasteiger partial charge in [0.25, 0.3) is 0 Å². The Labute approximate surface area is 102 Å². The fraction of sp³-hybridized carbons (Fsp3) is 0.571. The molecule has 1 fully saturated rings. The van der Waals surface area contributed by atoms with Crippen LogP contribution in [0.4, 0.5) is 4.39 Å². The van der Waals surface area contributed by atoms with Crippen molar-refractivity contribution >= 4 is 0 Å². The molecule has 0 saturated carbocycles. The normalized spacial score (nSPS) is 17.1. The van der Waals surface area contributed by atoms with Crippen LogP contribution in [0, 0.1) is 12.7 Å². The average molecular weight is 237 g/mol. The number of hydrogen-bond acceptors (Lipinski definition) is 2. The Morgan fingerprint density at radius 3 is 2.76 bits per heavy atom. The lowest BCUT2D eigenvalue weighted by atomic mass is 10.1. The molecule has 0 atom stereocenters. The van der Waals surface area contributed by atoms with E-state index in [0.29, 0.717) is 17.9 Å². The molecular weight excluding hydrogens is 217 g/mol. The van der Waals surface area contributed by atoms with Gasteiger partial charge in [0.2, 0.25) is 0 Å². The second-order valence-corrected chi connectivity index (χ2v) is 4.61. The van der Waals surface area contributed by atoms with Crippen molar-refractivity contribution in [3.05, 3.63) is 29.6 Å². The van der Waals surface area contributed by atoms with Gasteiger partial charge in [-0.15, -0.1) is 0 Å². The first kappa shape index (κ1) is 12.4. The van der Waals surface area contributed by atoms with Crippen LogP contribution in [0.15, 0.2) is 18.2 Å². The Morgan fingerprint density at radius 2 is 2.00 bits per heavy atom. The van der Waals surface area contributed by atoms with Crippen molar-refractivity contribution in [1.29, 1.82) is 0 Å². The van der Waals surface area contributed by atoms with Gasteiger partial charge in [-0.2, -0.15) is 0 Å². The van der Waals surface area contributed by atoms with Gasteiger partial charge in [0.1, 0.15) is 18.2 Å². The van der Waals surface area contributed by atoms with Crippen LogP contribution in [0.25, 0.3) is 0 Å². The summed E-state index contributed by atoms with van der Waals surface area (Å²) >= 11 is 0. The van der Waals surface area contributed by atoms with Gasteiger partial charge in [-0.05, 0) is 45.0 Å². The Hall–Kier alpha value is -1.09. The quantitative estimate of drug-likeness (QED) is 0.798. The van der Waals surface area contributed by atoms with Crippen LogP contribution in [0.1, 0.15) is 24.8 Å². The van der Waals surface area contributed by atoms with Gasteiger partial charge < -0.3 is 4.74 Å². The fourth-order valence-electron chi connectivity index (χ4n) is 2.21. The van der Waals surface area contributed by atoms with Crippen LogP contribution in [0.3, 0.4) is 0 Å². The van der Waals surface area contributed by atoms with E-state index in [-0.39, 0.29) is 5.82 Å². The molecule has 1 heterocycles. The van der Waals surface area contributed by atoms with Crippen molar-refractivity contribution in [3.63, 3.8) is 0 Å². The molecule has 1 aliphatic heterocycles. The summed E-state index contributed by atoms with van der Waals surface area (Å²) in [6.07, 6.45) is 3.93. The van der Waals surface area contributed by atoms with Crippen LogP contribution in [0.2, 0.25) is 0 Å². The summed E-state index contributed by atoms with van der Waals surface area (Å²) < 4.78 is 18.9. The largest absolute Gasteiger partial charge is 0.492 e. The Balaban J connectivity index is 1.79. The summed E-state index contributed by atoms with van der Waals surface area (Å²) in [5.41, 5.74) is 0.603. The molecule has 0 radical (unpaired) electrons. The number of benzene rings is 1. The van der Waals surface area contributed by atoms with E-state index in [2.05, 4.69) is 4.90 Å². The molecule has 0 aromatic heterocycles. The summed E-state index contributed by atoms with van der Waals surface area (Å²) in [4.78, 5) is 2.41. The maximum absolute atomic E-state index is 13.3. The molecule has 17 heavy (non-hydrogen) atoms. The Morgan fingerprint density at radius 1 is 1.24 bits per heavy atom. The van der Waals surface area contributed by atoms with E-state index in [4.69, 9.17) is 4.74 Å². The van der Waals surface area contributed by atoms with E-state index in [1.165, 1.54) is 38.4 Å². The highest BCUT2D eigenvalue weighted by atomic mass is 19.1. The molecule has 1 saturated heterocycles. The van der Waals surface area contributed by atoms with Gasteiger partial charge in [0.05, 0.1) is 0 Å². The van der Waals surface area contributed by atoms with Crippen molar-refractivity contribution in [3.8, 4) is 5.75 Å². The summed E-state index contributed by atoms with van der Waals surface area (Å²) in [6.45, 7) is 5.68. The van der Waals surface area contributed by atoms with Gasteiger partial charge in [-0.3, -0.25) is 4.90 Å². The minimum Gasteiger partial charge on any atom is -0.492 e. The maximum atomic E-state index is 13.3. The van der Waals surface area contributed by atoms with Crippen molar-refractivity contribution in [1.82, 2.24) is 4.90 Å². The number of ether oxygens (including phenoxy) is 1. The van der Waals surface area contributed by atoms with Crippen molar-refractivity contribution in [2.24, 2.45) is 0 Å². The third-order valence-corrected chi connectivity index (χ3v) is 3.33. The monoisotopic (exact) mass is 237 g/mol. The minimum atomic E-state index is -0.194. The molecule has 0 spiro atoms. The zero-order chi connectivity index (χ0) is 12.1. The molecule has 0 amide bonds. The second kappa shape index (κ2) is 6.01. The highest BCUT2D eigenvalue weighted by molar-refractivity contribution is 5.33. The Bertz CT molecular complexity index is 361. The first-order valence-electron chi connectivity index (χ1n) is 6.37.